The molecule has 74 valence electrons. The standard InChI is InChI=1S/C10H13N3O/c1-2-6-13-8-5-3-4-7(11)9(8)10(12)14/h2-5,13H,1,6,11H2,(H2,12,14). The van der Waals surface area contributed by atoms with Gasteiger partial charge in [0, 0.05) is 17.9 Å². The van der Waals surface area contributed by atoms with Gasteiger partial charge in [-0.05, 0) is 12.1 Å². The molecule has 5 N–H and O–H groups in total. The third kappa shape index (κ3) is 2.04. The summed E-state index contributed by atoms with van der Waals surface area (Å²) in [5.41, 5.74) is 12.2. The fourth-order valence-corrected chi connectivity index (χ4v) is 1.17. The molecule has 0 radical (unpaired) electrons. The monoisotopic (exact) mass is 191 g/mol. The van der Waals surface area contributed by atoms with Crippen LogP contribution in [0.4, 0.5) is 11.4 Å². The number of nitrogen functional groups attached to an aromatic ring is 1. The number of primary amides is 1. The largest absolute Gasteiger partial charge is 0.398 e. The van der Waals surface area contributed by atoms with Crippen molar-refractivity contribution in [3.8, 4) is 0 Å². The zero-order valence-corrected chi connectivity index (χ0v) is 7.79. The third-order valence-corrected chi connectivity index (χ3v) is 1.78. The van der Waals surface area contributed by atoms with E-state index < -0.39 is 5.91 Å². The number of rotatable bonds is 4. The molecule has 14 heavy (non-hydrogen) atoms. The summed E-state index contributed by atoms with van der Waals surface area (Å²) in [6.07, 6.45) is 1.69. The van der Waals surface area contributed by atoms with Crippen LogP contribution in [0.15, 0.2) is 30.9 Å². The van der Waals surface area contributed by atoms with Gasteiger partial charge in [-0.15, -0.1) is 6.58 Å². The van der Waals surface area contributed by atoms with Gasteiger partial charge in [0.25, 0.3) is 5.91 Å². The molecule has 0 aliphatic heterocycles. The Labute approximate surface area is 82.6 Å². The number of amides is 1. The highest BCUT2D eigenvalue weighted by Crippen LogP contribution is 2.20. The molecule has 0 bridgehead atoms. The second-order valence-electron chi connectivity index (χ2n) is 2.80. The van der Waals surface area contributed by atoms with E-state index in [9.17, 15) is 4.79 Å². The normalized spacial score (nSPS) is 9.43. The smallest absolute Gasteiger partial charge is 0.252 e. The van der Waals surface area contributed by atoms with Gasteiger partial charge >= 0.3 is 0 Å². The van der Waals surface area contributed by atoms with Crippen molar-refractivity contribution in [1.29, 1.82) is 0 Å². The van der Waals surface area contributed by atoms with E-state index in [1.807, 2.05) is 0 Å². The molecule has 0 atom stereocenters. The summed E-state index contributed by atoms with van der Waals surface area (Å²) in [7, 11) is 0. The highest BCUT2D eigenvalue weighted by Gasteiger charge is 2.10. The summed E-state index contributed by atoms with van der Waals surface area (Å²) >= 11 is 0. The SMILES string of the molecule is C=CCNc1cccc(N)c1C(N)=O. The lowest BCUT2D eigenvalue weighted by Gasteiger charge is -2.09. The van der Waals surface area contributed by atoms with Gasteiger partial charge in [-0.1, -0.05) is 12.1 Å². The van der Waals surface area contributed by atoms with Crippen molar-refractivity contribution in [2.45, 2.75) is 0 Å². The van der Waals surface area contributed by atoms with Crippen molar-refractivity contribution in [3.63, 3.8) is 0 Å². The van der Waals surface area contributed by atoms with Crippen LogP contribution in [0.5, 0.6) is 0 Å². The Morgan fingerprint density at radius 3 is 2.86 bits per heavy atom. The van der Waals surface area contributed by atoms with Gasteiger partial charge in [-0.25, -0.2) is 0 Å². The molecule has 0 aliphatic carbocycles. The first kappa shape index (κ1) is 10.1. The quantitative estimate of drug-likeness (QED) is 0.490. The molecule has 0 unspecified atom stereocenters. The molecule has 1 amide bonds. The van der Waals surface area contributed by atoms with Crippen LogP contribution in [-0.4, -0.2) is 12.5 Å². The van der Waals surface area contributed by atoms with Crippen LogP contribution in [0.3, 0.4) is 0 Å². The second kappa shape index (κ2) is 4.32. The van der Waals surface area contributed by atoms with Crippen LogP contribution in [0, 0.1) is 0 Å². The third-order valence-electron chi connectivity index (χ3n) is 1.78. The van der Waals surface area contributed by atoms with E-state index in [4.69, 9.17) is 11.5 Å². The molecular weight excluding hydrogens is 178 g/mol. The highest BCUT2D eigenvalue weighted by molar-refractivity contribution is 6.03. The van der Waals surface area contributed by atoms with Gasteiger partial charge in [0.15, 0.2) is 0 Å². The van der Waals surface area contributed by atoms with Crippen LogP contribution in [0.25, 0.3) is 0 Å². The lowest BCUT2D eigenvalue weighted by molar-refractivity contribution is 0.100. The number of carbonyl (C=O) groups is 1. The van der Waals surface area contributed by atoms with E-state index in [1.165, 1.54) is 0 Å². The first-order valence-corrected chi connectivity index (χ1v) is 4.20. The zero-order chi connectivity index (χ0) is 10.6. The minimum Gasteiger partial charge on any atom is -0.398 e. The molecule has 1 aromatic carbocycles. The summed E-state index contributed by atoms with van der Waals surface area (Å²) < 4.78 is 0. The molecule has 0 saturated heterocycles. The average Bonchev–Trinajstić information content (AvgIpc) is 2.14. The molecule has 0 aliphatic rings. The Bertz CT molecular complexity index is 360. The first-order valence-electron chi connectivity index (χ1n) is 4.20. The number of anilines is 2. The molecule has 0 saturated carbocycles. The maximum Gasteiger partial charge on any atom is 0.252 e. The second-order valence-corrected chi connectivity index (χ2v) is 2.80. The number of carbonyl (C=O) groups excluding carboxylic acids is 1. The van der Waals surface area contributed by atoms with E-state index >= 15 is 0 Å². The summed E-state index contributed by atoms with van der Waals surface area (Å²) in [5.74, 6) is -0.533. The van der Waals surface area contributed by atoms with Crippen molar-refractivity contribution in [3.05, 3.63) is 36.4 Å². The molecule has 1 rings (SSSR count). The van der Waals surface area contributed by atoms with Gasteiger partial charge in [-0.2, -0.15) is 0 Å². The van der Waals surface area contributed by atoms with Crippen molar-refractivity contribution in [2.75, 3.05) is 17.6 Å². The Morgan fingerprint density at radius 1 is 1.57 bits per heavy atom. The number of nitrogens with two attached hydrogens (primary N) is 2. The number of hydrogen-bond acceptors (Lipinski definition) is 3. The maximum atomic E-state index is 11.1. The maximum absolute atomic E-state index is 11.1. The van der Waals surface area contributed by atoms with Crippen molar-refractivity contribution in [1.82, 2.24) is 0 Å². The fraction of sp³-hybridized carbons (Fsp3) is 0.100. The number of hydrogen-bond donors (Lipinski definition) is 3. The minimum atomic E-state index is -0.533. The Balaban J connectivity index is 3.07. The van der Waals surface area contributed by atoms with Crippen LogP contribution in [-0.2, 0) is 0 Å². The average molecular weight is 191 g/mol. The summed E-state index contributed by atoms with van der Waals surface area (Å²) in [5, 5.41) is 2.99. The highest BCUT2D eigenvalue weighted by atomic mass is 16.1. The van der Waals surface area contributed by atoms with E-state index in [-0.39, 0.29) is 0 Å². The molecular formula is C10H13N3O. The van der Waals surface area contributed by atoms with Gasteiger partial charge in [0.1, 0.15) is 0 Å². The molecule has 0 heterocycles. The first-order chi connectivity index (χ1) is 6.66. The van der Waals surface area contributed by atoms with Gasteiger partial charge in [-0.3, -0.25) is 4.79 Å². The molecule has 1 aromatic rings. The minimum absolute atomic E-state index is 0.328. The molecule has 0 spiro atoms. The van der Waals surface area contributed by atoms with Crippen LogP contribution >= 0.6 is 0 Å². The van der Waals surface area contributed by atoms with E-state index in [1.54, 1.807) is 24.3 Å². The molecule has 4 nitrogen and oxygen atoms in total. The Morgan fingerprint density at radius 2 is 2.29 bits per heavy atom. The number of nitrogens with one attached hydrogen (secondary N) is 1. The van der Waals surface area contributed by atoms with Crippen molar-refractivity contribution in [2.24, 2.45) is 5.73 Å². The topological polar surface area (TPSA) is 81.1 Å². The Kier molecular flexibility index (Phi) is 3.12. The summed E-state index contributed by atoms with van der Waals surface area (Å²) in [6.45, 7) is 4.12. The zero-order valence-electron chi connectivity index (χ0n) is 7.79. The lowest BCUT2D eigenvalue weighted by Crippen LogP contribution is -2.16. The predicted molar refractivity (Wildman–Crippen MR) is 58.1 cm³/mol. The van der Waals surface area contributed by atoms with E-state index in [0.29, 0.717) is 23.5 Å². The lowest BCUT2D eigenvalue weighted by atomic mass is 10.1. The van der Waals surface area contributed by atoms with Gasteiger partial charge in [0.2, 0.25) is 0 Å². The fourth-order valence-electron chi connectivity index (χ4n) is 1.17. The Hall–Kier alpha value is -1.97. The van der Waals surface area contributed by atoms with Crippen LogP contribution < -0.4 is 16.8 Å². The predicted octanol–water partition coefficient (Wildman–Crippen LogP) is 0.966. The van der Waals surface area contributed by atoms with E-state index in [2.05, 4.69) is 11.9 Å². The van der Waals surface area contributed by atoms with Crippen molar-refractivity contribution < 1.29 is 4.79 Å². The van der Waals surface area contributed by atoms with Gasteiger partial charge < -0.3 is 16.8 Å². The molecule has 0 aromatic heterocycles. The van der Waals surface area contributed by atoms with Crippen LogP contribution in [0.2, 0.25) is 0 Å². The van der Waals surface area contributed by atoms with Gasteiger partial charge in [0.05, 0.1) is 5.56 Å². The summed E-state index contributed by atoms with van der Waals surface area (Å²) in [6, 6.07) is 5.15. The van der Waals surface area contributed by atoms with Crippen molar-refractivity contribution >= 4 is 17.3 Å². The molecule has 4 heteroatoms. The number of benzene rings is 1. The van der Waals surface area contributed by atoms with Crippen LogP contribution in [0.1, 0.15) is 10.4 Å². The summed E-state index contributed by atoms with van der Waals surface area (Å²) in [4.78, 5) is 11.1. The molecule has 0 fully saturated rings. The van der Waals surface area contributed by atoms with E-state index in [0.717, 1.165) is 0 Å².